The molecule has 1 fully saturated rings. The largest absolute Gasteiger partial charge is 0.480 e. The van der Waals surface area contributed by atoms with Gasteiger partial charge in [0.15, 0.2) is 6.04 Å². The van der Waals surface area contributed by atoms with Crippen LogP contribution in [0.3, 0.4) is 0 Å². The van der Waals surface area contributed by atoms with Crippen LogP contribution in [0.25, 0.3) is 0 Å². The van der Waals surface area contributed by atoms with Crippen LogP contribution in [0.5, 0.6) is 0 Å². The number of amides is 1. The van der Waals surface area contributed by atoms with Gasteiger partial charge in [0.2, 0.25) is 5.91 Å². The summed E-state index contributed by atoms with van der Waals surface area (Å²) < 4.78 is 6.20. The third-order valence-corrected chi connectivity index (χ3v) is 4.86. The summed E-state index contributed by atoms with van der Waals surface area (Å²) in [6.45, 7) is 0.854. The molecule has 1 saturated heterocycles. The first-order valence-electron chi connectivity index (χ1n) is 6.42. The number of carbonyl (C=O) groups is 2. The topological polar surface area (TPSA) is 66.8 Å². The molecule has 2 rings (SSSR count). The standard InChI is InChI=1S/C13H16BrNO4S/c14-11-5-4-9(20-11)2-1-3-12(16)15-6-7-19-8-10(15)13(17)18/h4-5,10H,1-3,6-8H2,(H,17,18). The number of morpholine rings is 1. The van der Waals surface area contributed by atoms with Gasteiger partial charge in [-0.1, -0.05) is 0 Å². The van der Waals surface area contributed by atoms with Gasteiger partial charge in [-0.05, 0) is 40.9 Å². The number of carboxylic acid groups (broad SMARTS) is 1. The number of thiophene rings is 1. The Morgan fingerprint density at radius 2 is 2.30 bits per heavy atom. The first-order valence-corrected chi connectivity index (χ1v) is 8.03. The van der Waals surface area contributed by atoms with E-state index < -0.39 is 12.0 Å². The van der Waals surface area contributed by atoms with Crippen LogP contribution in [0.2, 0.25) is 0 Å². The Balaban J connectivity index is 1.82. The molecule has 1 unspecified atom stereocenters. The van der Waals surface area contributed by atoms with E-state index in [1.54, 1.807) is 11.3 Å². The van der Waals surface area contributed by atoms with E-state index in [-0.39, 0.29) is 12.5 Å². The third-order valence-electron chi connectivity index (χ3n) is 3.18. The normalized spacial score (nSPS) is 19.1. The Labute approximate surface area is 129 Å². The molecule has 1 amide bonds. The lowest BCUT2D eigenvalue weighted by molar-refractivity contribution is -0.158. The van der Waals surface area contributed by atoms with Gasteiger partial charge in [0.1, 0.15) is 0 Å². The Morgan fingerprint density at radius 1 is 1.50 bits per heavy atom. The van der Waals surface area contributed by atoms with Crippen molar-refractivity contribution in [3.63, 3.8) is 0 Å². The van der Waals surface area contributed by atoms with E-state index in [0.717, 1.165) is 16.6 Å². The second-order valence-corrected chi connectivity index (χ2v) is 7.12. The van der Waals surface area contributed by atoms with E-state index in [1.807, 2.05) is 12.1 Å². The number of hydrogen-bond acceptors (Lipinski definition) is 4. The van der Waals surface area contributed by atoms with Crippen molar-refractivity contribution in [1.82, 2.24) is 4.90 Å². The van der Waals surface area contributed by atoms with Gasteiger partial charge in [-0.15, -0.1) is 11.3 Å². The number of carbonyl (C=O) groups excluding carboxylic acids is 1. The molecule has 0 radical (unpaired) electrons. The van der Waals surface area contributed by atoms with Gasteiger partial charge < -0.3 is 14.7 Å². The molecule has 1 aliphatic rings. The quantitative estimate of drug-likeness (QED) is 0.872. The predicted molar refractivity (Wildman–Crippen MR) is 78.9 cm³/mol. The number of aryl methyl sites for hydroxylation is 1. The molecule has 1 aromatic heterocycles. The fourth-order valence-corrected chi connectivity index (χ4v) is 3.68. The van der Waals surface area contributed by atoms with Crippen LogP contribution in [0.1, 0.15) is 17.7 Å². The molecule has 1 aromatic rings. The van der Waals surface area contributed by atoms with Crippen molar-refractivity contribution in [2.24, 2.45) is 0 Å². The smallest absolute Gasteiger partial charge is 0.328 e. The van der Waals surface area contributed by atoms with E-state index in [4.69, 9.17) is 9.84 Å². The molecule has 7 heteroatoms. The van der Waals surface area contributed by atoms with Crippen molar-refractivity contribution in [3.8, 4) is 0 Å². The number of rotatable bonds is 5. The van der Waals surface area contributed by atoms with Gasteiger partial charge in [-0.2, -0.15) is 0 Å². The number of ether oxygens (including phenoxy) is 1. The van der Waals surface area contributed by atoms with Crippen molar-refractivity contribution in [3.05, 3.63) is 20.8 Å². The van der Waals surface area contributed by atoms with Crippen molar-refractivity contribution in [2.45, 2.75) is 25.3 Å². The summed E-state index contributed by atoms with van der Waals surface area (Å²) in [5.74, 6) is -1.10. The van der Waals surface area contributed by atoms with Gasteiger partial charge in [-0.25, -0.2) is 4.79 Å². The molecule has 0 spiro atoms. The Kier molecular flexibility index (Phi) is 5.56. The minimum Gasteiger partial charge on any atom is -0.480 e. The molecule has 0 saturated carbocycles. The Morgan fingerprint density at radius 3 is 2.95 bits per heavy atom. The highest BCUT2D eigenvalue weighted by atomic mass is 79.9. The summed E-state index contributed by atoms with van der Waals surface area (Å²) in [6, 6.07) is 3.19. The van der Waals surface area contributed by atoms with Crippen LogP contribution < -0.4 is 0 Å². The lowest BCUT2D eigenvalue weighted by Gasteiger charge is -2.32. The summed E-state index contributed by atoms with van der Waals surface area (Å²) in [4.78, 5) is 25.8. The zero-order valence-corrected chi connectivity index (χ0v) is 13.3. The zero-order chi connectivity index (χ0) is 14.5. The fourth-order valence-electron chi connectivity index (χ4n) is 2.15. The monoisotopic (exact) mass is 361 g/mol. The first kappa shape index (κ1) is 15.5. The zero-order valence-electron chi connectivity index (χ0n) is 10.9. The molecular weight excluding hydrogens is 346 g/mol. The van der Waals surface area contributed by atoms with Gasteiger partial charge in [0.25, 0.3) is 0 Å². The predicted octanol–water partition coefficient (Wildman–Crippen LogP) is 2.15. The molecule has 1 aliphatic heterocycles. The molecule has 1 N–H and O–H groups in total. The average molecular weight is 362 g/mol. The molecule has 5 nitrogen and oxygen atoms in total. The number of halogens is 1. The molecule has 20 heavy (non-hydrogen) atoms. The van der Waals surface area contributed by atoms with Crippen LogP contribution in [-0.4, -0.2) is 47.7 Å². The number of aliphatic carboxylic acids is 1. The minimum absolute atomic E-state index is 0.0823. The molecular formula is C13H16BrNO4S. The van der Waals surface area contributed by atoms with Gasteiger partial charge in [0.05, 0.1) is 17.0 Å². The first-order chi connectivity index (χ1) is 9.58. The lowest BCUT2D eigenvalue weighted by Crippen LogP contribution is -2.52. The van der Waals surface area contributed by atoms with Gasteiger partial charge >= 0.3 is 5.97 Å². The molecule has 0 aliphatic carbocycles. The summed E-state index contributed by atoms with van der Waals surface area (Å²) in [7, 11) is 0. The van der Waals surface area contributed by atoms with Crippen molar-refractivity contribution in [1.29, 1.82) is 0 Å². The van der Waals surface area contributed by atoms with Crippen LogP contribution in [0, 0.1) is 0 Å². The van der Waals surface area contributed by atoms with Crippen molar-refractivity contribution < 1.29 is 19.4 Å². The average Bonchev–Trinajstić information content (AvgIpc) is 2.84. The lowest BCUT2D eigenvalue weighted by atomic mass is 10.1. The summed E-state index contributed by atoms with van der Waals surface area (Å²) in [5, 5.41) is 9.09. The molecule has 0 aromatic carbocycles. The Bertz CT molecular complexity index is 490. The van der Waals surface area contributed by atoms with Crippen LogP contribution in [0.4, 0.5) is 0 Å². The highest BCUT2D eigenvalue weighted by Crippen LogP contribution is 2.23. The maximum absolute atomic E-state index is 12.1. The molecule has 2 heterocycles. The number of hydrogen-bond donors (Lipinski definition) is 1. The number of nitrogens with zero attached hydrogens (tertiary/aromatic N) is 1. The second kappa shape index (κ2) is 7.19. The second-order valence-electron chi connectivity index (χ2n) is 4.58. The van der Waals surface area contributed by atoms with E-state index in [0.29, 0.717) is 19.6 Å². The highest BCUT2D eigenvalue weighted by molar-refractivity contribution is 9.11. The SMILES string of the molecule is O=C(O)C1COCCN1C(=O)CCCc1ccc(Br)s1. The minimum atomic E-state index is -1.000. The summed E-state index contributed by atoms with van der Waals surface area (Å²) >= 11 is 5.06. The van der Waals surface area contributed by atoms with E-state index >= 15 is 0 Å². The van der Waals surface area contributed by atoms with E-state index in [2.05, 4.69) is 15.9 Å². The summed E-state index contributed by atoms with van der Waals surface area (Å²) in [6.07, 6.45) is 1.94. The molecule has 110 valence electrons. The molecule has 0 bridgehead atoms. The van der Waals surface area contributed by atoms with Crippen LogP contribution >= 0.6 is 27.3 Å². The van der Waals surface area contributed by atoms with Crippen molar-refractivity contribution >= 4 is 39.1 Å². The maximum atomic E-state index is 12.1. The van der Waals surface area contributed by atoms with Gasteiger partial charge in [0, 0.05) is 17.8 Å². The van der Waals surface area contributed by atoms with Gasteiger partial charge in [-0.3, -0.25) is 4.79 Å². The maximum Gasteiger partial charge on any atom is 0.328 e. The third kappa shape index (κ3) is 4.04. The fraction of sp³-hybridized carbons (Fsp3) is 0.538. The van der Waals surface area contributed by atoms with Crippen molar-refractivity contribution in [2.75, 3.05) is 19.8 Å². The molecule has 1 atom stereocenters. The van der Waals surface area contributed by atoms with Crippen LogP contribution in [-0.2, 0) is 20.7 Å². The Hall–Kier alpha value is -0.920. The highest BCUT2D eigenvalue weighted by Gasteiger charge is 2.32. The van der Waals surface area contributed by atoms with Crippen LogP contribution in [0.15, 0.2) is 15.9 Å². The van der Waals surface area contributed by atoms with E-state index in [1.165, 1.54) is 9.78 Å². The summed E-state index contributed by atoms with van der Waals surface area (Å²) in [5.41, 5.74) is 0. The number of carboxylic acids is 1. The van der Waals surface area contributed by atoms with E-state index in [9.17, 15) is 9.59 Å².